The Hall–Kier alpha value is -2.51. The Labute approximate surface area is 145 Å². The summed E-state index contributed by atoms with van der Waals surface area (Å²) in [6, 6.07) is -0.495. The van der Waals surface area contributed by atoms with E-state index in [0.717, 1.165) is 25.2 Å². The molecule has 3 rings (SSSR count). The smallest absolute Gasteiger partial charge is 0.356 e. The summed E-state index contributed by atoms with van der Waals surface area (Å²) in [5.41, 5.74) is -0.153. The van der Waals surface area contributed by atoms with Crippen LogP contribution in [-0.4, -0.2) is 56.9 Å². The van der Waals surface area contributed by atoms with Gasteiger partial charge in [0.15, 0.2) is 5.69 Å². The van der Waals surface area contributed by atoms with Gasteiger partial charge in [-0.15, -0.1) is 0 Å². The van der Waals surface area contributed by atoms with Gasteiger partial charge in [-0.1, -0.05) is 32.1 Å². The zero-order valence-corrected chi connectivity index (χ0v) is 14.0. The van der Waals surface area contributed by atoms with Gasteiger partial charge < -0.3 is 15.3 Å². The standard InChI is InChI=1S/C17H22N4O4/c22-15-14(8-11-4-2-1-3-5-11)21(7-6-18-15)16(23)12-9-20-13(10-19-12)17(24)25/h9-11,14H,1-8H2,(H,18,22)(H,24,25)/t14-/m0/s1. The van der Waals surface area contributed by atoms with E-state index in [1.54, 1.807) is 4.90 Å². The average molecular weight is 346 g/mol. The lowest BCUT2D eigenvalue weighted by atomic mass is 9.84. The number of nitrogens with one attached hydrogen (secondary N) is 1. The number of aromatic nitrogens is 2. The van der Waals surface area contributed by atoms with Crippen molar-refractivity contribution in [2.24, 2.45) is 5.92 Å². The SMILES string of the molecule is O=C(O)c1cnc(C(=O)N2CCNC(=O)[C@@H]2CC2CCCCC2)cn1. The molecule has 0 spiro atoms. The van der Waals surface area contributed by atoms with E-state index in [-0.39, 0.29) is 23.2 Å². The molecule has 134 valence electrons. The maximum Gasteiger partial charge on any atom is 0.356 e. The molecule has 0 bridgehead atoms. The van der Waals surface area contributed by atoms with Crippen LogP contribution in [0.2, 0.25) is 0 Å². The molecule has 0 aromatic carbocycles. The number of rotatable bonds is 4. The fraction of sp³-hybridized carbons (Fsp3) is 0.588. The van der Waals surface area contributed by atoms with Crippen molar-refractivity contribution in [3.05, 3.63) is 23.8 Å². The van der Waals surface area contributed by atoms with Crippen LogP contribution in [0, 0.1) is 5.92 Å². The molecule has 1 aromatic rings. The lowest BCUT2D eigenvalue weighted by molar-refractivity contribution is -0.128. The second-order valence-electron chi connectivity index (χ2n) is 6.64. The Balaban J connectivity index is 1.75. The van der Waals surface area contributed by atoms with Crippen LogP contribution < -0.4 is 5.32 Å². The third-order valence-electron chi connectivity index (χ3n) is 4.96. The molecule has 2 amide bonds. The Morgan fingerprint density at radius 1 is 1.16 bits per heavy atom. The quantitative estimate of drug-likeness (QED) is 0.844. The third-order valence-corrected chi connectivity index (χ3v) is 4.96. The van der Waals surface area contributed by atoms with Gasteiger partial charge in [-0.3, -0.25) is 9.59 Å². The predicted octanol–water partition coefficient (Wildman–Crippen LogP) is 1.09. The van der Waals surface area contributed by atoms with Gasteiger partial charge in [0.2, 0.25) is 5.91 Å². The molecule has 2 aliphatic rings. The molecule has 1 aromatic heterocycles. The monoisotopic (exact) mass is 346 g/mol. The first kappa shape index (κ1) is 17.3. The van der Waals surface area contributed by atoms with Crippen LogP contribution in [-0.2, 0) is 4.79 Å². The molecule has 2 heterocycles. The van der Waals surface area contributed by atoms with E-state index in [1.165, 1.54) is 19.3 Å². The molecule has 1 aliphatic carbocycles. The maximum absolute atomic E-state index is 12.8. The highest BCUT2D eigenvalue weighted by Crippen LogP contribution is 2.29. The summed E-state index contributed by atoms with van der Waals surface area (Å²) in [5, 5.41) is 11.7. The van der Waals surface area contributed by atoms with E-state index >= 15 is 0 Å². The number of nitrogens with zero attached hydrogens (tertiary/aromatic N) is 3. The fourth-order valence-corrected chi connectivity index (χ4v) is 3.63. The van der Waals surface area contributed by atoms with E-state index in [9.17, 15) is 14.4 Å². The van der Waals surface area contributed by atoms with Gasteiger partial charge in [0.05, 0.1) is 12.4 Å². The molecule has 25 heavy (non-hydrogen) atoms. The van der Waals surface area contributed by atoms with E-state index in [1.807, 2.05) is 0 Å². The van der Waals surface area contributed by atoms with Crippen LogP contribution >= 0.6 is 0 Å². The van der Waals surface area contributed by atoms with Gasteiger partial charge >= 0.3 is 5.97 Å². The summed E-state index contributed by atoms with van der Waals surface area (Å²) >= 11 is 0. The first-order chi connectivity index (χ1) is 12.1. The van der Waals surface area contributed by atoms with E-state index in [2.05, 4.69) is 15.3 Å². The molecule has 2 fully saturated rings. The Kier molecular flexibility index (Phi) is 5.25. The van der Waals surface area contributed by atoms with Crippen molar-refractivity contribution in [2.45, 2.75) is 44.6 Å². The maximum atomic E-state index is 12.8. The average Bonchev–Trinajstić information content (AvgIpc) is 2.64. The number of carbonyl (C=O) groups excluding carboxylic acids is 2. The van der Waals surface area contributed by atoms with Gasteiger partial charge in [-0.25, -0.2) is 14.8 Å². The van der Waals surface area contributed by atoms with Crippen LogP contribution in [0.4, 0.5) is 0 Å². The van der Waals surface area contributed by atoms with E-state index < -0.39 is 12.0 Å². The number of hydrogen-bond donors (Lipinski definition) is 2. The molecular formula is C17H22N4O4. The minimum absolute atomic E-state index is 0.0633. The van der Waals surface area contributed by atoms with Gasteiger partial charge in [0, 0.05) is 13.1 Å². The summed E-state index contributed by atoms with van der Waals surface area (Å²) in [6.07, 6.45) is 8.67. The lowest BCUT2D eigenvalue weighted by Gasteiger charge is -2.37. The predicted molar refractivity (Wildman–Crippen MR) is 88.0 cm³/mol. The van der Waals surface area contributed by atoms with Crippen LogP contribution in [0.15, 0.2) is 12.4 Å². The molecule has 1 saturated heterocycles. The van der Waals surface area contributed by atoms with Gasteiger partial charge in [0.1, 0.15) is 11.7 Å². The van der Waals surface area contributed by atoms with Crippen LogP contribution in [0.5, 0.6) is 0 Å². The molecule has 1 aliphatic heterocycles. The number of piperazine rings is 1. The van der Waals surface area contributed by atoms with E-state index in [0.29, 0.717) is 25.4 Å². The molecule has 0 radical (unpaired) electrons. The fourth-order valence-electron chi connectivity index (χ4n) is 3.63. The molecule has 8 heteroatoms. The number of aromatic carboxylic acids is 1. The van der Waals surface area contributed by atoms with Crippen LogP contribution in [0.1, 0.15) is 59.5 Å². The van der Waals surface area contributed by atoms with Crippen molar-refractivity contribution < 1.29 is 19.5 Å². The third kappa shape index (κ3) is 3.94. The highest BCUT2D eigenvalue weighted by molar-refractivity contribution is 5.97. The van der Waals surface area contributed by atoms with Crippen molar-refractivity contribution in [1.29, 1.82) is 0 Å². The molecule has 1 atom stereocenters. The second-order valence-corrected chi connectivity index (χ2v) is 6.64. The topological polar surface area (TPSA) is 112 Å². The molecule has 1 saturated carbocycles. The highest BCUT2D eigenvalue weighted by Gasteiger charge is 2.36. The number of carboxylic acids is 1. The number of carboxylic acid groups (broad SMARTS) is 1. The van der Waals surface area contributed by atoms with Crippen molar-refractivity contribution >= 4 is 17.8 Å². The van der Waals surface area contributed by atoms with Crippen molar-refractivity contribution in [3.63, 3.8) is 0 Å². The van der Waals surface area contributed by atoms with Crippen LogP contribution in [0.25, 0.3) is 0 Å². The summed E-state index contributed by atoms with van der Waals surface area (Å²) in [4.78, 5) is 45.2. The second kappa shape index (κ2) is 7.58. The molecule has 0 unspecified atom stereocenters. The van der Waals surface area contributed by atoms with Gasteiger partial charge in [0.25, 0.3) is 5.91 Å². The Bertz CT molecular complexity index is 655. The largest absolute Gasteiger partial charge is 0.476 e. The van der Waals surface area contributed by atoms with Gasteiger partial charge in [-0.2, -0.15) is 0 Å². The number of carbonyl (C=O) groups is 3. The first-order valence-electron chi connectivity index (χ1n) is 8.70. The molecule has 2 N–H and O–H groups in total. The zero-order valence-electron chi connectivity index (χ0n) is 14.0. The lowest BCUT2D eigenvalue weighted by Crippen LogP contribution is -2.57. The Morgan fingerprint density at radius 3 is 2.48 bits per heavy atom. The normalized spacial score (nSPS) is 21.7. The summed E-state index contributed by atoms with van der Waals surface area (Å²) in [6.45, 7) is 0.830. The summed E-state index contributed by atoms with van der Waals surface area (Å²) in [7, 11) is 0. The minimum atomic E-state index is -1.20. The van der Waals surface area contributed by atoms with E-state index in [4.69, 9.17) is 5.11 Å². The zero-order chi connectivity index (χ0) is 17.8. The first-order valence-corrected chi connectivity index (χ1v) is 8.70. The van der Waals surface area contributed by atoms with Crippen LogP contribution in [0.3, 0.4) is 0 Å². The summed E-state index contributed by atoms with van der Waals surface area (Å²) in [5.74, 6) is -1.24. The van der Waals surface area contributed by atoms with Crippen molar-refractivity contribution in [2.75, 3.05) is 13.1 Å². The van der Waals surface area contributed by atoms with Gasteiger partial charge in [-0.05, 0) is 12.3 Å². The minimum Gasteiger partial charge on any atom is -0.476 e. The molecular weight excluding hydrogens is 324 g/mol. The summed E-state index contributed by atoms with van der Waals surface area (Å²) < 4.78 is 0. The molecule has 8 nitrogen and oxygen atoms in total. The van der Waals surface area contributed by atoms with Crippen molar-refractivity contribution in [3.8, 4) is 0 Å². The highest BCUT2D eigenvalue weighted by atomic mass is 16.4. The number of amides is 2. The van der Waals surface area contributed by atoms with Crippen molar-refractivity contribution in [1.82, 2.24) is 20.2 Å². The Morgan fingerprint density at radius 2 is 1.84 bits per heavy atom. The number of hydrogen-bond acceptors (Lipinski definition) is 5.